The highest BCUT2D eigenvalue weighted by atomic mass is 16.4. The molecule has 1 unspecified atom stereocenters. The molecule has 0 spiro atoms. The van der Waals surface area contributed by atoms with E-state index in [-0.39, 0.29) is 12.5 Å². The fraction of sp³-hybridized carbons (Fsp3) is 0.750. The zero-order valence-corrected chi connectivity index (χ0v) is 11.1. The average Bonchev–Trinajstić information content (AvgIpc) is 2.35. The van der Waals surface area contributed by atoms with Gasteiger partial charge in [-0.05, 0) is 18.8 Å². The number of hydrogen-bond acceptors (Lipinski definition) is 3. The molecule has 1 atom stereocenters. The second-order valence-electron chi connectivity index (χ2n) is 4.99. The molecule has 0 aromatic heterocycles. The van der Waals surface area contributed by atoms with Crippen LogP contribution in [0, 0.1) is 5.92 Å². The van der Waals surface area contributed by atoms with E-state index in [1.807, 2.05) is 0 Å². The summed E-state index contributed by atoms with van der Waals surface area (Å²) in [6.45, 7) is -0.233. The molecule has 0 heterocycles. The number of hydrogen-bond donors (Lipinski definition) is 3. The van der Waals surface area contributed by atoms with Gasteiger partial charge in [0, 0.05) is 7.05 Å². The number of rotatable bonds is 5. The minimum absolute atomic E-state index is 0.0443. The summed E-state index contributed by atoms with van der Waals surface area (Å²) in [5, 5.41) is 11.7. The molecule has 0 saturated heterocycles. The van der Waals surface area contributed by atoms with Gasteiger partial charge in [-0.15, -0.1) is 0 Å². The summed E-state index contributed by atoms with van der Waals surface area (Å²) in [5.74, 6) is -1.72. The monoisotopic (exact) mass is 271 g/mol. The van der Waals surface area contributed by atoms with Crippen LogP contribution in [-0.2, 0) is 9.59 Å². The third-order valence-electron chi connectivity index (χ3n) is 3.41. The fourth-order valence-corrected chi connectivity index (χ4v) is 2.40. The maximum Gasteiger partial charge on any atom is 0.326 e. The Bertz CT molecular complexity index is 353. The number of primary amides is 1. The predicted molar refractivity (Wildman–Crippen MR) is 68.4 cm³/mol. The van der Waals surface area contributed by atoms with Crippen molar-refractivity contribution >= 4 is 17.9 Å². The lowest BCUT2D eigenvalue weighted by Gasteiger charge is -2.29. The number of urea groups is 1. The minimum Gasteiger partial charge on any atom is -0.480 e. The van der Waals surface area contributed by atoms with Crippen molar-refractivity contribution in [1.29, 1.82) is 0 Å². The molecule has 19 heavy (non-hydrogen) atoms. The van der Waals surface area contributed by atoms with Gasteiger partial charge in [0.05, 0.1) is 0 Å². The van der Waals surface area contributed by atoms with Crippen molar-refractivity contribution in [1.82, 2.24) is 10.2 Å². The molecule has 1 saturated carbocycles. The number of nitrogens with one attached hydrogen (secondary N) is 1. The highest BCUT2D eigenvalue weighted by Gasteiger charge is 2.31. The number of carboxylic acids is 1. The number of carbonyl (C=O) groups excluding carboxylic acids is 2. The number of amides is 3. The van der Waals surface area contributed by atoms with Crippen molar-refractivity contribution < 1.29 is 19.5 Å². The van der Waals surface area contributed by atoms with Gasteiger partial charge < -0.3 is 21.1 Å². The molecule has 1 aliphatic carbocycles. The van der Waals surface area contributed by atoms with Crippen LogP contribution in [0.3, 0.4) is 0 Å². The first kappa shape index (κ1) is 15.3. The third kappa shape index (κ3) is 4.76. The molecule has 3 amide bonds. The number of carbonyl (C=O) groups is 3. The van der Waals surface area contributed by atoms with Crippen LogP contribution in [-0.4, -0.2) is 47.5 Å². The van der Waals surface area contributed by atoms with Crippen molar-refractivity contribution in [3.8, 4) is 0 Å². The van der Waals surface area contributed by atoms with Gasteiger partial charge >= 0.3 is 12.0 Å². The summed E-state index contributed by atoms with van der Waals surface area (Å²) in [7, 11) is 1.40. The Morgan fingerprint density at radius 3 is 2.37 bits per heavy atom. The molecule has 0 bridgehead atoms. The summed E-state index contributed by atoms with van der Waals surface area (Å²) >= 11 is 0. The molecule has 7 nitrogen and oxygen atoms in total. The molecule has 0 aromatic rings. The first-order chi connectivity index (χ1) is 8.91. The zero-order valence-electron chi connectivity index (χ0n) is 11.1. The van der Waals surface area contributed by atoms with E-state index in [0.29, 0.717) is 0 Å². The number of nitrogens with zero attached hydrogens (tertiary/aromatic N) is 1. The lowest BCUT2D eigenvalue weighted by molar-refractivity contribution is -0.141. The van der Waals surface area contributed by atoms with E-state index in [1.54, 1.807) is 0 Å². The van der Waals surface area contributed by atoms with Gasteiger partial charge in [0.15, 0.2) is 0 Å². The van der Waals surface area contributed by atoms with E-state index in [1.165, 1.54) is 7.05 Å². The molecule has 0 aromatic carbocycles. The minimum atomic E-state index is -1.03. The summed E-state index contributed by atoms with van der Waals surface area (Å²) in [6.07, 6.45) is 4.69. The average molecular weight is 271 g/mol. The second kappa shape index (κ2) is 6.96. The van der Waals surface area contributed by atoms with Gasteiger partial charge in [-0.25, -0.2) is 9.59 Å². The van der Waals surface area contributed by atoms with Crippen LogP contribution in [0.25, 0.3) is 0 Å². The van der Waals surface area contributed by atoms with Crippen LogP contribution in [0.5, 0.6) is 0 Å². The van der Waals surface area contributed by atoms with Gasteiger partial charge in [0.25, 0.3) is 0 Å². The van der Waals surface area contributed by atoms with Crippen LogP contribution >= 0.6 is 0 Å². The van der Waals surface area contributed by atoms with Crippen LogP contribution in [0.4, 0.5) is 4.79 Å². The third-order valence-corrected chi connectivity index (χ3v) is 3.41. The number of nitrogens with two attached hydrogens (primary N) is 1. The SMILES string of the molecule is CN(CC(N)=O)C(=O)NC(C(=O)O)C1CCCCC1. The van der Waals surface area contributed by atoms with Crippen LogP contribution in [0.1, 0.15) is 32.1 Å². The summed E-state index contributed by atoms with van der Waals surface area (Å²) in [4.78, 5) is 34.8. The largest absolute Gasteiger partial charge is 0.480 e. The fourth-order valence-electron chi connectivity index (χ4n) is 2.40. The van der Waals surface area contributed by atoms with Crippen molar-refractivity contribution in [2.45, 2.75) is 38.1 Å². The van der Waals surface area contributed by atoms with Gasteiger partial charge in [-0.1, -0.05) is 19.3 Å². The molecule has 1 aliphatic rings. The van der Waals surface area contributed by atoms with Crippen molar-refractivity contribution in [3.05, 3.63) is 0 Å². The Morgan fingerprint density at radius 1 is 1.32 bits per heavy atom. The molecule has 1 rings (SSSR count). The van der Waals surface area contributed by atoms with E-state index in [4.69, 9.17) is 5.73 Å². The molecule has 4 N–H and O–H groups in total. The van der Waals surface area contributed by atoms with Crippen molar-refractivity contribution in [3.63, 3.8) is 0 Å². The van der Waals surface area contributed by atoms with Crippen molar-refractivity contribution in [2.75, 3.05) is 13.6 Å². The molecule has 108 valence electrons. The maximum atomic E-state index is 11.8. The number of carboxylic acid groups (broad SMARTS) is 1. The summed E-state index contributed by atoms with van der Waals surface area (Å²) in [5.41, 5.74) is 4.99. The Kier molecular flexibility index (Phi) is 5.59. The van der Waals surface area contributed by atoms with Gasteiger partial charge in [-0.2, -0.15) is 0 Å². The first-order valence-electron chi connectivity index (χ1n) is 6.44. The van der Waals surface area contributed by atoms with Crippen LogP contribution in [0.2, 0.25) is 0 Å². The van der Waals surface area contributed by atoms with E-state index in [9.17, 15) is 19.5 Å². The van der Waals surface area contributed by atoms with Crippen molar-refractivity contribution in [2.24, 2.45) is 11.7 Å². The molecular weight excluding hydrogens is 250 g/mol. The Hall–Kier alpha value is -1.79. The lowest BCUT2D eigenvalue weighted by Crippen LogP contribution is -2.51. The van der Waals surface area contributed by atoms with E-state index < -0.39 is 23.9 Å². The second-order valence-corrected chi connectivity index (χ2v) is 4.99. The summed E-state index contributed by atoms with van der Waals surface area (Å²) < 4.78 is 0. The van der Waals surface area contributed by atoms with Crippen LogP contribution < -0.4 is 11.1 Å². The maximum absolute atomic E-state index is 11.8. The van der Waals surface area contributed by atoms with Gasteiger partial charge in [0.2, 0.25) is 5.91 Å². The highest BCUT2D eigenvalue weighted by molar-refractivity contribution is 5.86. The van der Waals surface area contributed by atoms with Gasteiger partial charge in [0.1, 0.15) is 12.6 Å². The van der Waals surface area contributed by atoms with Gasteiger partial charge in [-0.3, -0.25) is 4.79 Å². The Labute approximate surface area is 112 Å². The topological polar surface area (TPSA) is 113 Å². The molecular formula is C12H21N3O4. The standard InChI is InChI=1S/C12H21N3O4/c1-15(7-9(13)16)12(19)14-10(11(17)18)8-5-3-2-4-6-8/h8,10H,2-7H2,1H3,(H2,13,16)(H,14,19)(H,17,18). The molecule has 0 aliphatic heterocycles. The molecule has 1 fully saturated rings. The molecule has 0 radical (unpaired) electrons. The van der Waals surface area contributed by atoms with E-state index in [2.05, 4.69) is 5.32 Å². The Balaban J connectivity index is 2.59. The zero-order chi connectivity index (χ0) is 14.4. The predicted octanol–water partition coefficient (Wildman–Crippen LogP) is 0.147. The van der Waals surface area contributed by atoms with Crippen LogP contribution in [0.15, 0.2) is 0 Å². The quantitative estimate of drug-likeness (QED) is 0.660. The first-order valence-corrected chi connectivity index (χ1v) is 6.44. The van der Waals surface area contributed by atoms with E-state index >= 15 is 0 Å². The number of likely N-dealkylation sites (N-methyl/N-ethyl adjacent to an activating group) is 1. The number of aliphatic carboxylic acids is 1. The normalized spacial score (nSPS) is 17.5. The smallest absolute Gasteiger partial charge is 0.326 e. The molecule has 7 heteroatoms. The summed E-state index contributed by atoms with van der Waals surface area (Å²) in [6, 6.07) is -1.49. The lowest BCUT2D eigenvalue weighted by atomic mass is 9.84. The highest BCUT2D eigenvalue weighted by Crippen LogP contribution is 2.26. The Morgan fingerprint density at radius 2 is 1.89 bits per heavy atom. The van der Waals surface area contributed by atoms with E-state index in [0.717, 1.165) is 37.0 Å².